The average molecular weight is 552 g/mol. The first-order valence-electron chi connectivity index (χ1n) is 12.8. The zero-order valence-electron chi connectivity index (χ0n) is 21.5. The van der Waals surface area contributed by atoms with Crippen LogP contribution >= 0.6 is 23.2 Å². The number of fused-ring (bicyclic) bond motifs is 1. The van der Waals surface area contributed by atoms with Crippen LogP contribution in [0.3, 0.4) is 0 Å². The number of hydrogen-bond acceptors (Lipinski definition) is 6. The average Bonchev–Trinajstić information content (AvgIpc) is 3.23. The lowest BCUT2D eigenvalue weighted by molar-refractivity contribution is -0.180. The van der Waals surface area contributed by atoms with E-state index in [-0.39, 0.29) is 12.2 Å². The van der Waals surface area contributed by atoms with Crippen LogP contribution in [0.1, 0.15) is 62.3 Å². The molecule has 7 nitrogen and oxygen atoms in total. The molecule has 9 heteroatoms. The standard InChI is InChI=1S/C28H35Cl2NO6/c1-28(2)35-18-21-16-20(10-11-25(21)37-28)26-17-31(27(32)36-26)12-5-3-4-6-13-33-14-15-34-19-22-23(29)8-7-9-24(22)30/h7-11,16,26H,3-6,12-15,17-19H2,1-2H3. The van der Waals surface area contributed by atoms with E-state index in [1.807, 2.05) is 38.1 Å². The van der Waals surface area contributed by atoms with Gasteiger partial charge in [-0.3, -0.25) is 0 Å². The molecule has 1 fully saturated rings. The van der Waals surface area contributed by atoms with Crippen molar-refractivity contribution in [1.29, 1.82) is 0 Å². The summed E-state index contributed by atoms with van der Waals surface area (Å²) in [5.74, 6) is 0.193. The van der Waals surface area contributed by atoms with Crippen LogP contribution in [0, 0.1) is 0 Å². The maximum atomic E-state index is 12.4. The molecule has 4 rings (SSSR count). The van der Waals surface area contributed by atoms with E-state index in [1.54, 1.807) is 17.0 Å². The van der Waals surface area contributed by atoms with Gasteiger partial charge in [-0.15, -0.1) is 0 Å². The summed E-state index contributed by atoms with van der Waals surface area (Å²) in [4.78, 5) is 14.1. The van der Waals surface area contributed by atoms with Crippen LogP contribution in [0.15, 0.2) is 36.4 Å². The summed E-state index contributed by atoms with van der Waals surface area (Å²) < 4.78 is 28.5. The Morgan fingerprint density at radius 3 is 2.57 bits per heavy atom. The minimum atomic E-state index is -0.626. The molecule has 202 valence electrons. The fourth-order valence-electron chi connectivity index (χ4n) is 4.35. The highest BCUT2D eigenvalue weighted by Gasteiger charge is 2.33. The predicted molar refractivity (Wildman–Crippen MR) is 142 cm³/mol. The first kappa shape index (κ1) is 28.0. The van der Waals surface area contributed by atoms with Crippen molar-refractivity contribution in [2.24, 2.45) is 0 Å². The summed E-state index contributed by atoms with van der Waals surface area (Å²) in [6, 6.07) is 11.3. The van der Waals surface area contributed by atoms with Crippen LogP contribution in [0.25, 0.3) is 0 Å². The van der Waals surface area contributed by atoms with Gasteiger partial charge in [0, 0.05) is 48.2 Å². The van der Waals surface area contributed by atoms with Gasteiger partial charge in [0.2, 0.25) is 5.79 Å². The van der Waals surface area contributed by atoms with E-state index in [0.29, 0.717) is 56.2 Å². The van der Waals surface area contributed by atoms with Crippen molar-refractivity contribution < 1.29 is 28.5 Å². The Morgan fingerprint density at radius 2 is 1.76 bits per heavy atom. The number of unbranched alkanes of at least 4 members (excludes halogenated alkanes) is 3. The van der Waals surface area contributed by atoms with Crippen molar-refractivity contribution in [3.8, 4) is 5.75 Å². The lowest BCUT2D eigenvalue weighted by Gasteiger charge is -2.32. The summed E-state index contributed by atoms with van der Waals surface area (Å²) in [6.07, 6.45) is 3.46. The molecule has 2 heterocycles. The van der Waals surface area contributed by atoms with E-state index >= 15 is 0 Å². The summed E-state index contributed by atoms with van der Waals surface area (Å²) >= 11 is 12.3. The second-order valence-corrected chi connectivity index (χ2v) is 10.6. The van der Waals surface area contributed by atoms with E-state index in [0.717, 1.165) is 48.1 Å². The maximum absolute atomic E-state index is 12.4. The molecule has 0 bridgehead atoms. The Hall–Kier alpha value is -2.03. The van der Waals surface area contributed by atoms with Gasteiger partial charge in [0.15, 0.2) is 0 Å². The fourth-order valence-corrected chi connectivity index (χ4v) is 4.85. The normalized spacial score (nSPS) is 18.4. The van der Waals surface area contributed by atoms with Gasteiger partial charge in [0.25, 0.3) is 0 Å². The van der Waals surface area contributed by atoms with Crippen LogP contribution in [0.5, 0.6) is 5.75 Å². The van der Waals surface area contributed by atoms with Crippen molar-refractivity contribution in [2.45, 2.75) is 64.6 Å². The number of nitrogens with zero attached hydrogens (tertiary/aromatic N) is 1. The van der Waals surface area contributed by atoms with Gasteiger partial charge >= 0.3 is 6.09 Å². The van der Waals surface area contributed by atoms with E-state index in [2.05, 4.69) is 0 Å². The van der Waals surface area contributed by atoms with Gasteiger partial charge < -0.3 is 28.6 Å². The molecule has 0 radical (unpaired) electrons. The molecule has 1 atom stereocenters. The molecular weight excluding hydrogens is 517 g/mol. The minimum Gasteiger partial charge on any atom is -0.463 e. The van der Waals surface area contributed by atoms with Gasteiger partial charge in [-0.25, -0.2) is 4.79 Å². The zero-order valence-corrected chi connectivity index (χ0v) is 23.0. The second kappa shape index (κ2) is 13.2. The molecule has 1 unspecified atom stereocenters. The van der Waals surface area contributed by atoms with Crippen molar-refractivity contribution in [3.63, 3.8) is 0 Å². The van der Waals surface area contributed by atoms with E-state index in [1.165, 1.54) is 0 Å². The third kappa shape index (κ3) is 7.98. The maximum Gasteiger partial charge on any atom is 0.410 e. The molecule has 2 aliphatic heterocycles. The molecule has 0 saturated carbocycles. The van der Waals surface area contributed by atoms with Gasteiger partial charge in [0.05, 0.1) is 33.0 Å². The van der Waals surface area contributed by atoms with E-state index in [4.69, 9.17) is 46.9 Å². The van der Waals surface area contributed by atoms with Crippen molar-refractivity contribution in [2.75, 3.05) is 32.9 Å². The number of ether oxygens (including phenoxy) is 5. The van der Waals surface area contributed by atoms with Crippen LogP contribution < -0.4 is 4.74 Å². The SMILES string of the molecule is CC1(C)OCc2cc(C3CN(CCCCCCOCCOCc4c(Cl)cccc4Cl)C(=O)O3)ccc2O1. The van der Waals surface area contributed by atoms with Crippen LogP contribution in [-0.2, 0) is 32.2 Å². The Labute approximate surface area is 228 Å². The van der Waals surface area contributed by atoms with Crippen molar-refractivity contribution in [1.82, 2.24) is 4.90 Å². The lowest BCUT2D eigenvalue weighted by atomic mass is 10.0. The summed E-state index contributed by atoms with van der Waals surface area (Å²) in [7, 11) is 0. The number of rotatable bonds is 13. The monoisotopic (exact) mass is 551 g/mol. The van der Waals surface area contributed by atoms with Crippen LogP contribution in [0.4, 0.5) is 4.79 Å². The molecule has 1 saturated heterocycles. The number of benzene rings is 2. The Bertz CT molecular complexity index is 1040. The third-order valence-corrected chi connectivity index (χ3v) is 7.13. The molecule has 2 aliphatic rings. The third-order valence-electron chi connectivity index (χ3n) is 6.42. The van der Waals surface area contributed by atoms with Crippen LogP contribution in [0.2, 0.25) is 10.0 Å². The predicted octanol–water partition coefficient (Wildman–Crippen LogP) is 6.93. The highest BCUT2D eigenvalue weighted by atomic mass is 35.5. The first-order valence-corrected chi connectivity index (χ1v) is 13.6. The van der Waals surface area contributed by atoms with E-state index < -0.39 is 5.79 Å². The lowest BCUT2D eigenvalue weighted by Crippen LogP contribution is -2.35. The molecule has 1 amide bonds. The number of carbonyl (C=O) groups excluding carboxylic acids is 1. The number of amides is 1. The molecule has 2 aromatic carbocycles. The molecular formula is C28H35Cl2NO6. The summed E-state index contributed by atoms with van der Waals surface area (Å²) in [5, 5.41) is 1.22. The Balaban J connectivity index is 1.05. The minimum absolute atomic E-state index is 0.252. The topological polar surface area (TPSA) is 66.5 Å². The quantitative estimate of drug-likeness (QED) is 0.251. The van der Waals surface area contributed by atoms with Crippen LogP contribution in [-0.4, -0.2) is 49.7 Å². The van der Waals surface area contributed by atoms with Crippen molar-refractivity contribution >= 4 is 29.3 Å². The molecule has 0 aliphatic carbocycles. The smallest absolute Gasteiger partial charge is 0.410 e. The first-order chi connectivity index (χ1) is 17.8. The summed E-state index contributed by atoms with van der Waals surface area (Å²) in [5.41, 5.74) is 2.75. The zero-order chi connectivity index (χ0) is 26.3. The molecule has 0 N–H and O–H groups in total. The molecule has 37 heavy (non-hydrogen) atoms. The van der Waals surface area contributed by atoms with Gasteiger partial charge in [-0.05, 0) is 42.7 Å². The summed E-state index contributed by atoms with van der Waals surface area (Å²) in [6.45, 7) is 7.60. The highest BCUT2D eigenvalue weighted by molar-refractivity contribution is 6.35. The molecule has 0 aromatic heterocycles. The molecule has 2 aromatic rings. The highest BCUT2D eigenvalue weighted by Crippen LogP contribution is 2.35. The number of hydrogen-bond donors (Lipinski definition) is 0. The Morgan fingerprint density at radius 1 is 1.00 bits per heavy atom. The van der Waals surface area contributed by atoms with Gasteiger partial charge in [0.1, 0.15) is 11.9 Å². The number of cyclic esters (lactones) is 1. The van der Waals surface area contributed by atoms with Crippen molar-refractivity contribution in [3.05, 3.63) is 63.1 Å². The second-order valence-electron chi connectivity index (χ2n) is 9.76. The van der Waals surface area contributed by atoms with Gasteiger partial charge in [-0.1, -0.05) is 48.2 Å². The fraction of sp³-hybridized carbons (Fsp3) is 0.536. The molecule has 0 spiro atoms. The largest absolute Gasteiger partial charge is 0.463 e. The number of halogens is 2. The van der Waals surface area contributed by atoms with E-state index in [9.17, 15) is 4.79 Å². The number of carbonyl (C=O) groups is 1. The van der Waals surface area contributed by atoms with Gasteiger partial charge in [-0.2, -0.15) is 0 Å². The Kier molecular flexibility index (Phi) is 9.96.